The molecular formula is C11H17N3O. The van der Waals surface area contributed by atoms with Gasteiger partial charge in [-0.15, -0.1) is 0 Å². The number of nitrogens with zero attached hydrogens (tertiary/aromatic N) is 1. The summed E-state index contributed by atoms with van der Waals surface area (Å²) in [6.07, 6.45) is 5.61. The van der Waals surface area contributed by atoms with Crippen molar-refractivity contribution in [1.82, 2.24) is 4.98 Å². The van der Waals surface area contributed by atoms with Crippen LogP contribution < -0.4 is 11.1 Å². The molecule has 1 amide bonds. The predicted molar refractivity (Wildman–Crippen MR) is 60.5 cm³/mol. The first kappa shape index (κ1) is 11.7. The fraction of sp³-hybridized carbons (Fsp3) is 0.455. The number of carbonyl (C=O) groups excluding carboxylic acids is 1. The van der Waals surface area contributed by atoms with Gasteiger partial charge in [0.05, 0.1) is 11.9 Å². The van der Waals surface area contributed by atoms with E-state index in [2.05, 4.69) is 10.3 Å². The van der Waals surface area contributed by atoms with Crippen molar-refractivity contribution in [3.63, 3.8) is 0 Å². The summed E-state index contributed by atoms with van der Waals surface area (Å²) in [6.45, 7) is 2.58. The van der Waals surface area contributed by atoms with Crippen molar-refractivity contribution in [1.29, 1.82) is 0 Å². The number of amides is 1. The molecule has 4 heteroatoms. The van der Waals surface area contributed by atoms with Gasteiger partial charge in [-0.25, -0.2) is 0 Å². The number of hydrogen-bond acceptors (Lipinski definition) is 3. The van der Waals surface area contributed by atoms with E-state index in [0.29, 0.717) is 13.0 Å². The Morgan fingerprint density at radius 1 is 1.53 bits per heavy atom. The van der Waals surface area contributed by atoms with E-state index in [1.807, 2.05) is 13.0 Å². The van der Waals surface area contributed by atoms with E-state index in [4.69, 9.17) is 5.73 Å². The highest BCUT2D eigenvalue weighted by Gasteiger charge is 2.03. The summed E-state index contributed by atoms with van der Waals surface area (Å²) >= 11 is 0. The van der Waals surface area contributed by atoms with Crippen LogP contribution in [-0.4, -0.2) is 17.4 Å². The molecule has 15 heavy (non-hydrogen) atoms. The normalized spacial score (nSPS) is 10.0. The summed E-state index contributed by atoms with van der Waals surface area (Å²) in [4.78, 5) is 15.4. The fourth-order valence-corrected chi connectivity index (χ4v) is 1.24. The third-order valence-corrected chi connectivity index (χ3v) is 2.17. The number of pyridine rings is 1. The van der Waals surface area contributed by atoms with Gasteiger partial charge in [0.1, 0.15) is 0 Å². The smallest absolute Gasteiger partial charge is 0.224 e. The van der Waals surface area contributed by atoms with Gasteiger partial charge >= 0.3 is 0 Å². The van der Waals surface area contributed by atoms with Crippen molar-refractivity contribution in [2.24, 2.45) is 5.73 Å². The largest absolute Gasteiger partial charge is 0.330 e. The number of nitrogens with one attached hydrogen (secondary N) is 1. The van der Waals surface area contributed by atoms with E-state index in [-0.39, 0.29) is 5.91 Å². The van der Waals surface area contributed by atoms with Crippen molar-refractivity contribution in [2.75, 3.05) is 11.9 Å². The Balaban J connectivity index is 2.41. The summed E-state index contributed by atoms with van der Waals surface area (Å²) in [5.74, 6) is 0.0274. The molecule has 0 aliphatic carbocycles. The van der Waals surface area contributed by atoms with Crippen LogP contribution in [0.25, 0.3) is 0 Å². The van der Waals surface area contributed by atoms with Crippen molar-refractivity contribution >= 4 is 11.6 Å². The van der Waals surface area contributed by atoms with Crippen LogP contribution in [0.5, 0.6) is 0 Å². The van der Waals surface area contributed by atoms with E-state index in [0.717, 1.165) is 24.1 Å². The standard InChI is InChI=1S/C11H17N3O/c1-9-5-7-13-8-10(9)14-11(15)4-2-3-6-12/h5,7-8H,2-4,6,12H2,1H3,(H,14,15). The molecule has 1 aromatic rings. The van der Waals surface area contributed by atoms with E-state index in [9.17, 15) is 4.79 Å². The van der Waals surface area contributed by atoms with Crippen LogP contribution in [0.2, 0.25) is 0 Å². The van der Waals surface area contributed by atoms with Gasteiger partial charge in [0.2, 0.25) is 5.91 Å². The fourth-order valence-electron chi connectivity index (χ4n) is 1.24. The van der Waals surface area contributed by atoms with Gasteiger partial charge in [-0.05, 0) is 37.9 Å². The summed E-state index contributed by atoms with van der Waals surface area (Å²) in [5, 5.41) is 2.83. The highest BCUT2D eigenvalue weighted by Crippen LogP contribution is 2.11. The summed E-state index contributed by atoms with van der Waals surface area (Å²) in [6, 6.07) is 1.87. The van der Waals surface area contributed by atoms with Crippen molar-refractivity contribution in [3.8, 4) is 0 Å². The lowest BCUT2D eigenvalue weighted by Crippen LogP contribution is -2.13. The maximum absolute atomic E-state index is 11.5. The molecule has 1 aromatic heterocycles. The van der Waals surface area contributed by atoms with Crippen molar-refractivity contribution < 1.29 is 4.79 Å². The number of nitrogens with two attached hydrogens (primary N) is 1. The molecule has 0 aromatic carbocycles. The molecule has 3 N–H and O–H groups in total. The summed E-state index contributed by atoms with van der Waals surface area (Å²) in [7, 11) is 0. The molecule has 4 nitrogen and oxygen atoms in total. The molecule has 0 atom stereocenters. The molecule has 0 spiro atoms. The molecule has 0 aliphatic rings. The van der Waals surface area contributed by atoms with Crippen LogP contribution in [0.3, 0.4) is 0 Å². The predicted octanol–water partition coefficient (Wildman–Crippen LogP) is 1.46. The lowest BCUT2D eigenvalue weighted by atomic mass is 10.2. The Labute approximate surface area is 89.9 Å². The molecule has 0 fully saturated rings. The molecule has 0 unspecified atom stereocenters. The van der Waals surface area contributed by atoms with E-state index in [1.165, 1.54) is 0 Å². The third kappa shape index (κ3) is 4.08. The van der Waals surface area contributed by atoms with Gasteiger partial charge < -0.3 is 11.1 Å². The van der Waals surface area contributed by atoms with Crippen molar-refractivity contribution in [3.05, 3.63) is 24.0 Å². The Bertz CT molecular complexity index is 325. The monoisotopic (exact) mass is 207 g/mol. The molecule has 1 heterocycles. The number of anilines is 1. The topological polar surface area (TPSA) is 68.0 Å². The average Bonchev–Trinajstić information content (AvgIpc) is 2.22. The minimum atomic E-state index is 0.0274. The SMILES string of the molecule is Cc1ccncc1NC(=O)CCCCN. The van der Waals surface area contributed by atoms with Gasteiger partial charge in [0.25, 0.3) is 0 Å². The van der Waals surface area contributed by atoms with Crippen LogP contribution in [-0.2, 0) is 4.79 Å². The van der Waals surface area contributed by atoms with Gasteiger partial charge in [-0.1, -0.05) is 0 Å². The zero-order valence-electron chi connectivity index (χ0n) is 8.99. The minimum Gasteiger partial charge on any atom is -0.330 e. The van der Waals surface area contributed by atoms with Crippen LogP contribution >= 0.6 is 0 Å². The molecule has 0 aliphatic heterocycles. The third-order valence-electron chi connectivity index (χ3n) is 2.17. The number of rotatable bonds is 5. The zero-order valence-corrected chi connectivity index (χ0v) is 8.99. The number of hydrogen-bond donors (Lipinski definition) is 2. The Morgan fingerprint density at radius 3 is 3.00 bits per heavy atom. The summed E-state index contributed by atoms with van der Waals surface area (Å²) in [5.41, 5.74) is 7.16. The lowest BCUT2D eigenvalue weighted by Gasteiger charge is -2.06. The second-order valence-electron chi connectivity index (χ2n) is 3.48. The Kier molecular flexibility index (Phi) is 4.77. The summed E-state index contributed by atoms with van der Waals surface area (Å²) < 4.78 is 0. The molecule has 0 radical (unpaired) electrons. The number of aryl methyl sites for hydroxylation is 1. The maximum Gasteiger partial charge on any atom is 0.224 e. The van der Waals surface area contributed by atoms with Crippen LogP contribution in [0.15, 0.2) is 18.5 Å². The van der Waals surface area contributed by atoms with Crippen molar-refractivity contribution in [2.45, 2.75) is 26.2 Å². The first-order valence-corrected chi connectivity index (χ1v) is 5.14. The highest BCUT2D eigenvalue weighted by atomic mass is 16.1. The second-order valence-corrected chi connectivity index (χ2v) is 3.48. The zero-order chi connectivity index (χ0) is 11.1. The van der Waals surface area contributed by atoms with E-state index in [1.54, 1.807) is 12.4 Å². The van der Waals surface area contributed by atoms with Gasteiger partial charge in [0.15, 0.2) is 0 Å². The maximum atomic E-state index is 11.5. The average molecular weight is 207 g/mol. The lowest BCUT2D eigenvalue weighted by molar-refractivity contribution is -0.116. The first-order chi connectivity index (χ1) is 7.24. The molecule has 82 valence electrons. The van der Waals surface area contributed by atoms with Crippen LogP contribution in [0.1, 0.15) is 24.8 Å². The highest BCUT2D eigenvalue weighted by molar-refractivity contribution is 5.91. The van der Waals surface area contributed by atoms with Gasteiger partial charge in [-0.2, -0.15) is 0 Å². The van der Waals surface area contributed by atoms with Crippen LogP contribution in [0.4, 0.5) is 5.69 Å². The molecule has 0 saturated carbocycles. The quantitative estimate of drug-likeness (QED) is 0.718. The molecule has 0 bridgehead atoms. The molecule has 1 rings (SSSR count). The second kappa shape index (κ2) is 6.14. The number of aromatic nitrogens is 1. The van der Waals surface area contributed by atoms with E-state index < -0.39 is 0 Å². The van der Waals surface area contributed by atoms with Gasteiger partial charge in [0, 0.05) is 12.6 Å². The molecular weight excluding hydrogens is 190 g/mol. The minimum absolute atomic E-state index is 0.0274. The number of carbonyl (C=O) groups is 1. The molecule has 0 saturated heterocycles. The van der Waals surface area contributed by atoms with Gasteiger partial charge in [-0.3, -0.25) is 9.78 Å². The Hall–Kier alpha value is -1.42. The first-order valence-electron chi connectivity index (χ1n) is 5.14. The van der Waals surface area contributed by atoms with Crippen LogP contribution in [0, 0.1) is 6.92 Å². The Morgan fingerprint density at radius 2 is 2.33 bits per heavy atom. The van der Waals surface area contributed by atoms with E-state index >= 15 is 0 Å². The number of unbranched alkanes of at least 4 members (excludes halogenated alkanes) is 1.